The van der Waals surface area contributed by atoms with Gasteiger partial charge in [-0.25, -0.2) is 5.43 Å². The van der Waals surface area contributed by atoms with Crippen molar-refractivity contribution in [2.45, 2.75) is 6.92 Å². The van der Waals surface area contributed by atoms with Crippen LogP contribution in [0.2, 0.25) is 4.34 Å². The standard InChI is InChI=1S/C14H11ClN2O3S/c1-8(12-4-5-13(15)21-12)16-17-14(18)9-2-3-10-11(6-9)20-7-19-10/h2-6H,7H2,1H3,(H,17,18)/b16-8-. The van der Waals surface area contributed by atoms with Gasteiger partial charge < -0.3 is 9.47 Å². The molecule has 0 saturated heterocycles. The Hall–Kier alpha value is -2.05. The number of amides is 1. The predicted octanol–water partition coefficient (Wildman–Crippen LogP) is 3.28. The lowest BCUT2D eigenvalue weighted by Gasteiger charge is -2.03. The maximum absolute atomic E-state index is 12.0. The number of fused-ring (bicyclic) bond motifs is 1. The third-order valence-corrected chi connectivity index (χ3v) is 4.23. The van der Waals surface area contributed by atoms with E-state index in [1.165, 1.54) is 11.3 Å². The minimum Gasteiger partial charge on any atom is -0.454 e. The molecular formula is C14H11ClN2O3S. The molecule has 0 unspecified atom stereocenters. The number of halogens is 1. The lowest BCUT2D eigenvalue weighted by molar-refractivity contribution is 0.0954. The summed E-state index contributed by atoms with van der Waals surface area (Å²) in [4.78, 5) is 13.0. The maximum Gasteiger partial charge on any atom is 0.271 e. The highest BCUT2D eigenvalue weighted by molar-refractivity contribution is 7.18. The Kier molecular flexibility index (Phi) is 3.81. The minimum atomic E-state index is -0.310. The van der Waals surface area contributed by atoms with Crippen molar-refractivity contribution in [2.24, 2.45) is 5.10 Å². The van der Waals surface area contributed by atoms with Gasteiger partial charge in [-0.3, -0.25) is 4.79 Å². The van der Waals surface area contributed by atoms with Crippen LogP contribution >= 0.6 is 22.9 Å². The second-order valence-corrected chi connectivity index (χ2v) is 6.03. The number of thiophene rings is 1. The first-order chi connectivity index (χ1) is 10.1. The van der Waals surface area contributed by atoms with Crippen LogP contribution in [0.3, 0.4) is 0 Å². The monoisotopic (exact) mass is 322 g/mol. The van der Waals surface area contributed by atoms with Crippen LogP contribution in [0.5, 0.6) is 11.5 Å². The molecule has 2 aromatic rings. The van der Waals surface area contributed by atoms with Gasteiger partial charge in [0.15, 0.2) is 11.5 Å². The van der Waals surface area contributed by atoms with Gasteiger partial charge in [-0.2, -0.15) is 5.10 Å². The van der Waals surface area contributed by atoms with E-state index < -0.39 is 0 Å². The third kappa shape index (κ3) is 3.01. The van der Waals surface area contributed by atoms with Gasteiger partial charge in [0.1, 0.15) is 0 Å². The second-order valence-electron chi connectivity index (χ2n) is 4.31. The number of benzene rings is 1. The molecule has 0 atom stereocenters. The molecule has 0 aliphatic carbocycles. The van der Waals surface area contributed by atoms with Crippen LogP contribution < -0.4 is 14.9 Å². The summed E-state index contributed by atoms with van der Waals surface area (Å²) >= 11 is 7.27. The van der Waals surface area contributed by atoms with Crippen molar-refractivity contribution in [1.82, 2.24) is 5.43 Å². The van der Waals surface area contributed by atoms with Gasteiger partial charge in [0.2, 0.25) is 6.79 Å². The highest BCUT2D eigenvalue weighted by Crippen LogP contribution is 2.32. The Morgan fingerprint density at radius 1 is 1.29 bits per heavy atom. The molecule has 1 aliphatic heterocycles. The van der Waals surface area contributed by atoms with Crippen molar-refractivity contribution in [1.29, 1.82) is 0 Å². The molecule has 1 N–H and O–H groups in total. The molecule has 21 heavy (non-hydrogen) atoms. The van der Waals surface area contributed by atoms with Crippen molar-refractivity contribution in [3.63, 3.8) is 0 Å². The van der Waals surface area contributed by atoms with E-state index >= 15 is 0 Å². The smallest absolute Gasteiger partial charge is 0.271 e. The summed E-state index contributed by atoms with van der Waals surface area (Å²) in [6.07, 6.45) is 0. The number of nitrogens with one attached hydrogen (secondary N) is 1. The normalized spacial score (nSPS) is 13.3. The fourth-order valence-electron chi connectivity index (χ4n) is 1.80. The molecule has 5 nitrogen and oxygen atoms in total. The summed E-state index contributed by atoms with van der Waals surface area (Å²) in [5.74, 6) is 0.892. The van der Waals surface area contributed by atoms with Crippen molar-refractivity contribution < 1.29 is 14.3 Å². The van der Waals surface area contributed by atoms with E-state index in [4.69, 9.17) is 21.1 Å². The van der Waals surface area contributed by atoms with E-state index in [-0.39, 0.29) is 12.7 Å². The van der Waals surface area contributed by atoms with Gasteiger partial charge in [0.25, 0.3) is 5.91 Å². The Morgan fingerprint density at radius 2 is 2.10 bits per heavy atom. The Labute approximate surface area is 130 Å². The molecule has 0 spiro atoms. The molecule has 0 saturated carbocycles. The average Bonchev–Trinajstić information content (AvgIpc) is 3.12. The lowest BCUT2D eigenvalue weighted by Crippen LogP contribution is -2.19. The molecule has 1 aliphatic rings. The predicted molar refractivity (Wildman–Crippen MR) is 81.6 cm³/mol. The first-order valence-corrected chi connectivity index (χ1v) is 7.33. The minimum absolute atomic E-state index is 0.177. The second kappa shape index (κ2) is 5.75. The Balaban J connectivity index is 1.71. The maximum atomic E-state index is 12.0. The first kappa shape index (κ1) is 13.9. The lowest BCUT2D eigenvalue weighted by atomic mass is 10.2. The molecule has 0 radical (unpaired) electrons. The number of rotatable bonds is 3. The molecule has 0 bridgehead atoms. The molecule has 1 aromatic carbocycles. The molecule has 3 rings (SSSR count). The fourth-order valence-corrected chi connectivity index (χ4v) is 2.79. The zero-order valence-corrected chi connectivity index (χ0v) is 12.6. The summed E-state index contributed by atoms with van der Waals surface area (Å²) in [5.41, 5.74) is 3.67. The van der Waals surface area contributed by atoms with Crippen LogP contribution in [0.15, 0.2) is 35.4 Å². The van der Waals surface area contributed by atoms with Crippen LogP contribution in [0.4, 0.5) is 0 Å². The zero-order valence-electron chi connectivity index (χ0n) is 11.1. The van der Waals surface area contributed by atoms with Crippen LogP contribution in [-0.4, -0.2) is 18.4 Å². The molecular weight excluding hydrogens is 312 g/mol. The van der Waals surface area contributed by atoms with Gasteiger partial charge in [-0.15, -0.1) is 11.3 Å². The number of nitrogens with zero attached hydrogens (tertiary/aromatic N) is 1. The summed E-state index contributed by atoms with van der Waals surface area (Å²) in [7, 11) is 0. The molecule has 2 heterocycles. The highest BCUT2D eigenvalue weighted by atomic mass is 35.5. The van der Waals surface area contributed by atoms with E-state index in [2.05, 4.69) is 10.5 Å². The van der Waals surface area contributed by atoms with Gasteiger partial charge in [0, 0.05) is 5.56 Å². The quantitative estimate of drug-likeness (QED) is 0.697. The summed E-state index contributed by atoms with van der Waals surface area (Å²) in [6, 6.07) is 8.64. The van der Waals surface area contributed by atoms with E-state index in [1.807, 2.05) is 13.0 Å². The van der Waals surface area contributed by atoms with Gasteiger partial charge >= 0.3 is 0 Å². The zero-order chi connectivity index (χ0) is 14.8. The van der Waals surface area contributed by atoms with Crippen molar-refractivity contribution >= 4 is 34.6 Å². The molecule has 1 aromatic heterocycles. The van der Waals surface area contributed by atoms with Crippen LogP contribution in [-0.2, 0) is 0 Å². The number of hydrogen-bond acceptors (Lipinski definition) is 5. The van der Waals surface area contributed by atoms with Crippen LogP contribution in [0.25, 0.3) is 0 Å². The number of ether oxygens (including phenoxy) is 2. The fraction of sp³-hybridized carbons (Fsp3) is 0.143. The first-order valence-electron chi connectivity index (χ1n) is 6.13. The Morgan fingerprint density at radius 3 is 2.86 bits per heavy atom. The van der Waals surface area contributed by atoms with E-state index in [0.717, 1.165) is 4.88 Å². The number of hydrazone groups is 1. The van der Waals surface area contributed by atoms with Crippen molar-refractivity contribution in [3.8, 4) is 11.5 Å². The number of hydrogen-bond donors (Lipinski definition) is 1. The van der Waals surface area contributed by atoms with Crippen molar-refractivity contribution in [2.75, 3.05) is 6.79 Å². The molecule has 7 heteroatoms. The number of carbonyl (C=O) groups excluding carboxylic acids is 1. The molecule has 0 fully saturated rings. The van der Waals surface area contributed by atoms with E-state index in [9.17, 15) is 4.79 Å². The number of carbonyl (C=O) groups is 1. The van der Waals surface area contributed by atoms with Crippen LogP contribution in [0, 0.1) is 0 Å². The highest BCUT2D eigenvalue weighted by Gasteiger charge is 2.16. The molecule has 108 valence electrons. The van der Waals surface area contributed by atoms with Gasteiger partial charge in [-0.05, 0) is 37.3 Å². The largest absolute Gasteiger partial charge is 0.454 e. The summed E-state index contributed by atoms with van der Waals surface area (Å²) in [6.45, 7) is 1.99. The Bertz CT molecular complexity index is 727. The summed E-state index contributed by atoms with van der Waals surface area (Å²) < 4.78 is 11.1. The molecule has 1 amide bonds. The topological polar surface area (TPSA) is 59.9 Å². The van der Waals surface area contributed by atoms with Crippen molar-refractivity contribution in [3.05, 3.63) is 45.1 Å². The van der Waals surface area contributed by atoms with E-state index in [0.29, 0.717) is 27.1 Å². The van der Waals surface area contributed by atoms with Gasteiger partial charge in [0.05, 0.1) is 14.9 Å². The SMILES string of the molecule is C/C(=N/NC(=O)c1ccc2c(c1)OCO2)c1ccc(Cl)s1. The van der Waals surface area contributed by atoms with Gasteiger partial charge in [-0.1, -0.05) is 11.6 Å². The third-order valence-electron chi connectivity index (χ3n) is 2.89. The van der Waals surface area contributed by atoms with E-state index in [1.54, 1.807) is 24.3 Å². The summed E-state index contributed by atoms with van der Waals surface area (Å²) in [5, 5.41) is 4.07. The van der Waals surface area contributed by atoms with Crippen LogP contribution in [0.1, 0.15) is 22.2 Å². The average molecular weight is 323 g/mol.